The summed E-state index contributed by atoms with van der Waals surface area (Å²) < 4.78 is 5.97. The Morgan fingerprint density at radius 1 is 1.17 bits per heavy atom. The fraction of sp³-hybridized carbons (Fsp3) is 0.500. The molecule has 2 heterocycles. The van der Waals surface area contributed by atoms with Crippen LogP contribution in [-0.2, 0) is 4.74 Å². The predicted molar refractivity (Wildman–Crippen MR) is 69.8 cm³/mol. The third-order valence-electron chi connectivity index (χ3n) is 3.63. The first-order chi connectivity index (χ1) is 8.83. The summed E-state index contributed by atoms with van der Waals surface area (Å²) in [5.74, 6) is 1.69. The van der Waals surface area contributed by atoms with Crippen molar-refractivity contribution in [1.82, 2.24) is 5.32 Å². The molecule has 0 bridgehead atoms. The van der Waals surface area contributed by atoms with Crippen molar-refractivity contribution in [3.63, 3.8) is 0 Å². The molecule has 0 radical (unpaired) electrons. The second kappa shape index (κ2) is 4.98. The van der Waals surface area contributed by atoms with E-state index in [1.54, 1.807) is 12.1 Å². The van der Waals surface area contributed by atoms with Crippen LogP contribution in [0.15, 0.2) is 29.3 Å². The number of hydrogen-bond donors (Lipinski definition) is 2. The Kier molecular flexibility index (Phi) is 3.19. The minimum absolute atomic E-state index is 0.0236. The van der Waals surface area contributed by atoms with E-state index in [0.717, 1.165) is 37.4 Å². The molecule has 4 nitrogen and oxygen atoms in total. The molecule has 96 valence electrons. The molecule has 0 spiro atoms. The first-order valence-corrected chi connectivity index (χ1v) is 6.53. The van der Waals surface area contributed by atoms with Crippen LogP contribution in [0.4, 0.5) is 0 Å². The van der Waals surface area contributed by atoms with Gasteiger partial charge in [0, 0.05) is 5.92 Å². The molecule has 0 aliphatic carbocycles. The number of nitrogens with zero attached hydrogens (tertiary/aromatic N) is 1. The minimum Gasteiger partial charge on any atom is -0.508 e. The van der Waals surface area contributed by atoms with Crippen molar-refractivity contribution in [3.8, 4) is 5.75 Å². The van der Waals surface area contributed by atoms with Gasteiger partial charge in [0.2, 0.25) is 0 Å². The molecule has 0 saturated carbocycles. The zero-order valence-corrected chi connectivity index (χ0v) is 10.3. The van der Waals surface area contributed by atoms with Gasteiger partial charge in [-0.25, -0.2) is 0 Å². The summed E-state index contributed by atoms with van der Waals surface area (Å²) in [6.45, 7) is 2.80. The Balaban J connectivity index is 1.64. The Bertz CT molecular complexity index is 436. The van der Waals surface area contributed by atoms with Crippen LogP contribution < -0.4 is 5.32 Å². The van der Waals surface area contributed by atoms with E-state index in [2.05, 4.69) is 10.3 Å². The maximum absolute atomic E-state index is 9.28. The Morgan fingerprint density at radius 2 is 1.89 bits per heavy atom. The zero-order chi connectivity index (χ0) is 12.4. The van der Waals surface area contributed by atoms with E-state index >= 15 is 0 Å². The standard InChI is InChI=1S/C14H18N2O2/c17-12-3-1-10(2-4-12)13-9-16-14(18-13)11-5-7-15-8-6-11/h1-4,11,13,15,17H,5-9H2. The highest BCUT2D eigenvalue weighted by Gasteiger charge is 2.28. The van der Waals surface area contributed by atoms with Crippen molar-refractivity contribution in [2.24, 2.45) is 10.9 Å². The lowest BCUT2D eigenvalue weighted by Crippen LogP contribution is -2.32. The number of ether oxygens (including phenoxy) is 1. The first kappa shape index (κ1) is 11.5. The third kappa shape index (κ3) is 2.34. The van der Waals surface area contributed by atoms with Crippen molar-refractivity contribution in [3.05, 3.63) is 29.8 Å². The summed E-state index contributed by atoms with van der Waals surface area (Å²) in [6.07, 6.45) is 2.25. The van der Waals surface area contributed by atoms with Crippen LogP contribution >= 0.6 is 0 Å². The largest absolute Gasteiger partial charge is 0.508 e. The number of aromatic hydroxyl groups is 1. The Labute approximate surface area is 107 Å². The van der Waals surface area contributed by atoms with Gasteiger partial charge in [-0.1, -0.05) is 12.1 Å². The molecule has 1 aromatic carbocycles. The molecule has 1 fully saturated rings. The molecule has 1 aromatic rings. The topological polar surface area (TPSA) is 53.9 Å². The van der Waals surface area contributed by atoms with Gasteiger partial charge in [-0.05, 0) is 43.6 Å². The molecule has 0 amide bonds. The second-order valence-electron chi connectivity index (χ2n) is 4.90. The minimum atomic E-state index is 0.0236. The summed E-state index contributed by atoms with van der Waals surface area (Å²) in [7, 11) is 0. The number of phenolic OH excluding ortho intramolecular Hbond substituents is 1. The summed E-state index contributed by atoms with van der Waals surface area (Å²) in [4.78, 5) is 4.54. The number of nitrogens with one attached hydrogen (secondary N) is 1. The number of hydrogen-bond acceptors (Lipinski definition) is 4. The number of rotatable bonds is 2. The van der Waals surface area contributed by atoms with Crippen LogP contribution in [0, 0.1) is 5.92 Å². The molecule has 1 saturated heterocycles. The van der Waals surface area contributed by atoms with Gasteiger partial charge in [0.25, 0.3) is 0 Å². The van der Waals surface area contributed by atoms with Gasteiger partial charge in [0.1, 0.15) is 11.9 Å². The highest BCUT2D eigenvalue weighted by atomic mass is 16.5. The molecule has 1 atom stereocenters. The molecule has 18 heavy (non-hydrogen) atoms. The van der Waals surface area contributed by atoms with Crippen LogP contribution in [0.1, 0.15) is 24.5 Å². The van der Waals surface area contributed by atoms with E-state index in [1.807, 2.05) is 12.1 Å². The third-order valence-corrected chi connectivity index (χ3v) is 3.63. The van der Waals surface area contributed by atoms with Crippen LogP contribution in [-0.4, -0.2) is 30.6 Å². The number of phenols is 1. The molecule has 0 aromatic heterocycles. The molecule has 2 aliphatic rings. The van der Waals surface area contributed by atoms with Gasteiger partial charge < -0.3 is 15.2 Å². The molecule has 4 heteroatoms. The number of piperidine rings is 1. The van der Waals surface area contributed by atoms with Crippen molar-refractivity contribution in [2.45, 2.75) is 18.9 Å². The summed E-state index contributed by atoms with van der Waals surface area (Å²) >= 11 is 0. The van der Waals surface area contributed by atoms with Gasteiger partial charge in [0.05, 0.1) is 6.54 Å². The molecular formula is C14H18N2O2. The normalized spacial score (nSPS) is 24.7. The van der Waals surface area contributed by atoms with Gasteiger partial charge in [-0.3, -0.25) is 4.99 Å². The van der Waals surface area contributed by atoms with Gasteiger partial charge in [-0.15, -0.1) is 0 Å². The SMILES string of the molecule is Oc1ccc(C2CN=C(C3CCNCC3)O2)cc1. The zero-order valence-electron chi connectivity index (χ0n) is 10.3. The molecule has 1 unspecified atom stereocenters. The van der Waals surface area contributed by atoms with Crippen molar-refractivity contribution >= 4 is 5.90 Å². The van der Waals surface area contributed by atoms with Gasteiger partial charge in [-0.2, -0.15) is 0 Å². The monoisotopic (exact) mass is 246 g/mol. The van der Waals surface area contributed by atoms with E-state index < -0.39 is 0 Å². The van der Waals surface area contributed by atoms with E-state index in [0.29, 0.717) is 12.5 Å². The maximum atomic E-state index is 9.28. The smallest absolute Gasteiger partial charge is 0.187 e. The van der Waals surface area contributed by atoms with E-state index in [1.165, 1.54) is 0 Å². The van der Waals surface area contributed by atoms with E-state index in [-0.39, 0.29) is 11.9 Å². The van der Waals surface area contributed by atoms with Gasteiger partial charge >= 0.3 is 0 Å². The second-order valence-corrected chi connectivity index (χ2v) is 4.90. The van der Waals surface area contributed by atoms with Gasteiger partial charge in [0.15, 0.2) is 5.90 Å². The molecular weight excluding hydrogens is 228 g/mol. The Hall–Kier alpha value is -1.55. The predicted octanol–water partition coefficient (Wildman–Crippen LogP) is 1.86. The van der Waals surface area contributed by atoms with E-state index in [9.17, 15) is 5.11 Å². The lowest BCUT2D eigenvalue weighted by atomic mass is 9.98. The summed E-state index contributed by atoms with van der Waals surface area (Å²) in [6, 6.07) is 7.20. The highest BCUT2D eigenvalue weighted by molar-refractivity contribution is 5.80. The first-order valence-electron chi connectivity index (χ1n) is 6.53. The average Bonchev–Trinajstić information content (AvgIpc) is 2.90. The maximum Gasteiger partial charge on any atom is 0.187 e. The van der Waals surface area contributed by atoms with Crippen molar-refractivity contribution in [1.29, 1.82) is 0 Å². The lowest BCUT2D eigenvalue weighted by Gasteiger charge is -2.23. The van der Waals surface area contributed by atoms with Crippen LogP contribution in [0.5, 0.6) is 5.75 Å². The van der Waals surface area contributed by atoms with Crippen LogP contribution in [0.25, 0.3) is 0 Å². The summed E-state index contributed by atoms with van der Waals surface area (Å²) in [5.41, 5.74) is 1.08. The highest BCUT2D eigenvalue weighted by Crippen LogP contribution is 2.28. The quantitative estimate of drug-likeness (QED) is 0.837. The fourth-order valence-electron chi connectivity index (χ4n) is 2.55. The van der Waals surface area contributed by atoms with Crippen molar-refractivity contribution < 1.29 is 9.84 Å². The van der Waals surface area contributed by atoms with Crippen molar-refractivity contribution in [2.75, 3.05) is 19.6 Å². The van der Waals surface area contributed by atoms with Crippen LogP contribution in [0.2, 0.25) is 0 Å². The fourth-order valence-corrected chi connectivity index (χ4v) is 2.55. The lowest BCUT2D eigenvalue weighted by molar-refractivity contribution is 0.208. The van der Waals surface area contributed by atoms with E-state index in [4.69, 9.17) is 4.74 Å². The number of benzene rings is 1. The number of aliphatic imine (C=N–C) groups is 1. The molecule has 2 aliphatic heterocycles. The average molecular weight is 246 g/mol. The molecule has 2 N–H and O–H groups in total. The summed E-state index contributed by atoms with van der Waals surface area (Å²) in [5, 5.41) is 12.6. The Morgan fingerprint density at radius 3 is 2.61 bits per heavy atom. The van der Waals surface area contributed by atoms with Crippen LogP contribution in [0.3, 0.4) is 0 Å². The molecule has 3 rings (SSSR count).